The molecule has 0 spiro atoms. The Hall–Kier alpha value is -1.54. The number of benzene rings is 1. The number of sulfonamides is 1. The molecule has 0 aliphatic rings. The van der Waals surface area contributed by atoms with Crippen molar-refractivity contribution in [2.45, 2.75) is 31.1 Å². The zero-order chi connectivity index (χ0) is 15.3. The van der Waals surface area contributed by atoms with Crippen molar-refractivity contribution in [1.29, 1.82) is 0 Å². The fourth-order valence-electron chi connectivity index (χ4n) is 1.61. The Kier molecular flexibility index (Phi) is 5.58. The zero-order valence-corrected chi connectivity index (χ0v) is 11.8. The van der Waals surface area contributed by atoms with Gasteiger partial charge in [-0.3, -0.25) is 4.79 Å². The molecule has 1 amide bonds. The van der Waals surface area contributed by atoms with E-state index in [1.54, 1.807) is 0 Å². The summed E-state index contributed by atoms with van der Waals surface area (Å²) in [6, 6.07) is 1.08. The van der Waals surface area contributed by atoms with Crippen LogP contribution in [-0.2, 0) is 10.0 Å². The summed E-state index contributed by atoms with van der Waals surface area (Å²) >= 11 is 0. The van der Waals surface area contributed by atoms with Crippen molar-refractivity contribution in [2.75, 3.05) is 6.54 Å². The average molecular weight is 306 g/mol. The second-order valence-corrected chi connectivity index (χ2v) is 5.80. The summed E-state index contributed by atoms with van der Waals surface area (Å²) in [5.41, 5.74) is -0.675. The minimum Gasteiger partial charge on any atom is -0.352 e. The number of amides is 1. The SMILES string of the molecule is CCCCCNC(=O)c1cc(F)cc(S(N)(=O)=O)c1F. The molecular formula is C12H16F2N2O3S. The van der Waals surface area contributed by atoms with Crippen LogP contribution in [0.4, 0.5) is 8.78 Å². The molecule has 0 unspecified atom stereocenters. The van der Waals surface area contributed by atoms with Crippen LogP contribution in [0, 0.1) is 11.6 Å². The van der Waals surface area contributed by atoms with Gasteiger partial charge < -0.3 is 5.32 Å². The van der Waals surface area contributed by atoms with Crippen molar-refractivity contribution in [1.82, 2.24) is 5.32 Å². The van der Waals surface area contributed by atoms with Crippen molar-refractivity contribution in [3.05, 3.63) is 29.3 Å². The molecule has 0 saturated carbocycles. The number of nitrogens with two attached hydrogens (primary N) is 1. The Morgan fingerprint density at radius 1 is 1.30 bits per heavy atom. The first-order chi connectivity index (χ1) is 9.27. The summed E-state index contributed by atoms with van der Waals surface area (Å²) in [4.78, 5) is 10.7. The monoisotopic (exact) mass is 306 g/mol. The molecule has 0 aliphatic carbocycles. The Morgan fingerprint density at radius 3 is 2.50 bits per heavy atom. The highest BCUT2D eigenvalue weighted by atomic mass is 32.2. The molecule has 0 radical (unpaired) electrons. The minimum absolute atomic E-state index is 0.299. The van der Waals surface area contributed by atoms with Gasteiger partial charge in [0.15, 0.2) is 5.82 Å². The molecule has 0 fully saturated rings. The first-order valence-electron chi connectivity index (χ1n) is 6.07. The third-order valence-electron chi connectivity index (χ3n) is 2.62. The van der Waals surface area contributed by atoms with E-state index in [4.69, 9.17) is 5.14 Å². The van der Waals surface area contributed by atoms with E-state index in [9.17, 15) is 22.0 Å². The molecule has 0 aromatic heterocycles. The van der Waals surface area contributed by atoms with Crippen LogP contribution >= 0.6 is 0 Å². The van der Waals surface area contributed by atoms with Gasteiger partial charge in [0, 0.05) is 6.54 Å². The summed E-state index contributed by atoms with van der Waals surface area (Å²) in [6.45, 7) is 2.28. The molecule has 1 aromatic carbocycles. The van der Waals surface area contributed by atoms with Gasteiger partial charge >= 0.3 is 0 Å². The van der Waals surface area contributed by atoms with Crippen LogP contribution in [0.25, 0.3) is 0 Å². The average Bonchev–Trinajstić information content (AvgIpc) is 2.35. The molecule has 112 valence electrons. The number of unbranched alkanes of at least 4 members (excludes halogenated alkanes) is 2. The van der Waals surface area contributed by atoms with Gasteiger partial charge in [0.1, 0.15) is 10.7 Å². The normalized spacial score (nSPS) is 11.4. The number of carbonyl (C=O) groups excluding carboxylic acids is 1. The third kappa shape index (κ3) is 4.24. The number of carbonyl (C=O) groups is 1. The summed E-state index contributed by atoms with van der Waals surface area (Å²) in [5.74, 6) is -3.26. The number of hydrogen-bond acceptors (Lipinski definition) is 3. The number of rotatable bonds is 6. The van der Waals surface area contributed by atoms with Crippen LogP contribution in [0.3, 0.4) is 0 Å². The van der Waals surface area contributed by atoms with Crippen molar-refractivity contribution in [3.8, 4) is 0 Å². The van der Waals surface area contributed by atoms with E-state index in [0.29, 0.717) is 25.1 Å². The van der Waals surface area contributed by atoms with E-state index in [-0.39, 0.29) is 0 Å². The largest absolute Gasteiger partial charge is 0.352 e. The number of primary sulfonamides is 1. The van der Waals surface area contributed by atoms with E-state index in [0.717, 1.165) is 12.8 Å². The minimum atomic E-state index is -4.44. The fourth-order valence-corrected chi connectivity index (χ4v) is 2.25. The molecule has 0 saturated heterocycles. The lowest BCUT2D eigenvalue weighted by atomic mass is 10.2. The zero-order valence-electron chi connectivity index (χ0n) is 10.9. The first kappa shape index (κ1) is 16.5. The highest BCUT2D eigenvalue weighted by molar-refractivity contribution is 7.89. The van der Waals surface area contributed by atoms with E-state index >= 15 is 0 Å². The van der Waals surface area contributed by atoms with Gasteiger partial charge in [0.05, 0.1) is 5.56 Å². The van der Waals surface area contributed by atoms with Gasteiger partial charge in [-0.15, -0.1) is 0 Å². The lowest BCUT2D eigenvalue weighted by Crippen LogP contribution is -2.27. The van der Waals surface area contributed by atoms with Crippen molar-refractivity contribution < 1.29 is 22.0 Å². The van der Waals surface area contributed by atoms with Crippen molar-refractivity contribution in [3.63, 3.8) is 0 Å². The lowest BCUT2D eigenvalue weighted by molar-refractivity contribution is 0.0948. The number of halogens is 2. The smallest absolute Gasteiger partial charge is 0.254 e. The number of nitrogens with one attached hydrogen (secondary N) is 1. The van der Waals surface area contributed by atoms with Crippen LogP contribution in [0.2, 0.25) is 0 Å². The highest BCUT2D eigenvalue weighted by Gasteiger charge is 2.23. The topological polar surface area (TPSA) is 89.3 Å². The maximum absolute atomic E-state index is 13.9. The van der Waals surface area contributed by atoms with Crippen LogP contribution in [-0.4, -0.2) is 20.9 Å². The highest BCUT2D eigenvalue weighted by Crippen LogP contribution is 2.19. The van der Waals surface area contributed by atoms with Gasteiger partial charge in [-0.1, -0.05) is 19.8 Å². The quantitative estimate of drug-likeness (QED) is 0.781. The Morgan fingerprint density at radius 2 is 1.95 bits per heavy atom. The molecular weight excluding hydrogens is 290 g/mol. The second kappa shape index (κ2) is 6.76. The Labute approximate surface area is 116 Å². The predicted molar refractivity (Wildman–Crippen MR) is 69.6 cm³/mol. The molecule has 8 heteroatoms. The molecule has 0 atom stereocenters. The van der Waals surface area contributed by atoms with Gasteiger partial charge in [0.25, 0.3) is 5.91 Å². The van der Waals surface area contributed by atoms with E-state index in [2.05, 4.69) is 5.32 Å². The number of hydrogen-bond donors (Lipinski definition) is 2. The summed E-state index contributed by atoms with van der Waals surface area (Å²) < 4.78 is 49.4. The lowest BCUT2D eigenvalue weighted by Gasteiger charge is -2.08. The summed E-state index contributed by atoms with van der Waals surface area (Å²) in [6.07, 6.45) is 2.52. The first-order valence-corrected chi connectivity index (χ1v) is 7.62. The van der Waals surface area contributed by atoms with E-state index < -0.39 is 38.0 Å². The molecule has 5 nitrogen and oxygen atoms in total. The second-order valence-electron chi connectivity index (χ2n) is 4.27. The molecule has 20 heavy (non-hydrogen) atoms. The van der Waals surface area contributed by atoms with Gasteiger partial charge in [-0.05, 0) is 18.6 Å². The molecule has 3 N–H and O–H groups in total. The van der Waals surface area contributed by atoms with E-state index in [1.165, 1.54) is 0 Å². The van der Waals surface area contributed by atoms with Crippen molar-refractivity contribution in [2.24, 2.45) is 5.14 Å². The van der Waals surface area contributed by atoms with E-state index in [1.807, 2.05) is 6.92 Å². The van der Waals surface area contributed by atoms with Gasteiger partial charge in [-0.2, -0.15) is 0 Å². The third-order valence-corrected chi connectivity index (χ3v) is 3.53. The van der Waals surface area contributed by atoms with Crippen LogP contribution < -0.4 is 10.5 Å². The van der Waals surface area contributed by atoms with Crippen molar-refractivity contribution >= 4 is 15.9 Å². The maximum atomic E-state index is 13.9. The van der Waals surface area contributed by atoms with Crippen LogP contribution in [0.5, 0.6) is 0 Å². The summed E-state index contributed by atoms with van der Waals surface area (Å²) in [5, 5.41) is 7.17. The van der Waals surface area contributed by atoms with Crippen LogP contribution in [0.15, 0.2) is 17.0 Å². The maximum Gasteiger partial charge on any atom is 0.254 e. The molecule has 0 bridgehead atoms. The molecule has 1 rings (SSSR count). The van der Waals surface area contributed by atoms with Crippen LogP contribution in [0.1, 0.15) is 36.5 Å². The standard InChI is InChI=1S/C12H16F2N2O3S/c1-2-3-4-5-16-12(17)9-6-8(13)7-10(11(9)14)20(15,18)19/h6-7H,2-5H2,1H3,(H,16,17)(H2,15,18,19). The Balaban J connectivity index is 3.01. The fraction of sp³-hybridized carbons (Fsp3) is 0.417. The molecule has 1 aromatic rings. The summed E-state index contributed by atoms with van der Waals surface area (Å²) in [7, 11) is -4.44. The van der Waals surface area contributed by atoms with Gasteiger partial charge in [-0.25, -0.2) is 22.3 Å². The predicted octanol–water partition coefficient (Wildman–Crippen LogP) is 1.53. The Bertz CT molecular complexity index is 603. The molecule has 0 heterocycles. The van der Waals surface area contributed by atoms with Gasteiger partial charge in [0.2, 0.25) is 10.0 Å². The molecule has 0 aliphatic heterocycles.